The molecule has 17 heavy (non-hydrogen) atoms. The van der Waals surface area contributed by atoms with Crippen LogP contribution < -0.4 is 5.32 Å². The molecule has 1 N–H and O–H groups in total. The van der Waals surface area contributed by atoms with Crippen LogP contribution in [0.3, 0.4) is 0 Å². The number of nitrogens with one attached hydrogen (secondary N) is 1. The minimum absolute atomic E-state index is 0.385. The summed E-state index contributed by atoms with van der Waals surface area (Å²) in [6, 6.07) is 5.90. The van der Waals surface area contributed by atoms with Crippen LogP contribution >= 0.6 is 27.5 Å². The fraction of sp³-hybridized carbons (Fsp3) is 0.538. The standard InChI is InChI=1S/C13H17BrClNO/c1-9-10(4-5-17-9)7-16-8-11-2-3-12(15)6-13(11)14/h2-3,6,9-10,16H,4-5,7-8H2,1H3. The van der Waals surface area contributed by atoms with Gasteiger partial charge in [-0.3, -0.25) is 0 Å². The first-order valence-electron chi connectivity index (χ1n) is 5.93. The van der Waals surface area contributed by atoms with E-state index in [2.05, 4.69) is 28.2 Å². The van der Waals surface area contributed by atoms with E-state index in [0.29, 0.717) is 12.0 Å². The molecule has 1 heterocycles. The number of hydrogen-bond donors (Lipinski definition) is 1. The highest BCUT2D eigenvalue weighted by Gasteiger charge is 2.23. The molecule has 0 amide bonds. The van der Waals surface area contributed by atoms with Crippen LogP contribution in [0.25, 0.3) is 0 Å². The summed E-state index contributed by atoms with van der Waals surface area (Å²) in [4.78, 5) is 0. The normalized spacial score (nSPS) is 24.2. The summed E-state index contributed by atoms with van der Waals surface area (Å²) in [5, 5.41) is 4.24. The van der Waals surface area contributed by atoms with Crippen LogP contribution in [0.1, 0.15) is 18.9 Å². The largest absolute Gasteiger partial charge is 0.378 e. The van der Waals surface area contributed by atoms with E-state index in [1.807, 2.05) is 18.2 Å². The zero-order valence-corrected chi connectivity index (χ0v) is 12.2. The van der Waals surface area contributed by atoms with Crippen LogP contribution in [0.2, 0.25) is 5.02 Å². The molecule has 0 aromatic heterocycles. The maximum absolute atomic E-state index is 5.91. The van der Waals surface area contributed by atoms with Crippen LogP contribution in [0.15, 0.2) is 22.7 Å². The van der Waals surface area contributed by atoms with E-state index in [0.717, 1.165) is 35.6 Å². The predicted octanol–water partition coefficient (Wildman–Crippen LogP) is 3.62. The van der Waals surface area contributed by atoms with Gasteiger partial charge in [-0.1, -0.05) is 33.6 Å². The topological polar surface area (TPSA) is 21.3 Å². The van der Waals surface area contributed by atoms with Gasteiger partial charge in [0.15, 0.2) is 0 Å². The fourth-order valence-electron chi connectivity index (χ4n) is 2.10. The molecule has 2 unspecified atom stereocenters. The van der Waals surface area contributed by atoms with Crippen molar-refractivity contribution in [2.75, 3.05) is 13.2 Å². The zero-order valence-electron chi connectivity index (χ0n) is 9.88. The van der Waals surface area contributed by atoms with Gasteiger partial charge in [-0.2, -0.15) is 0 Å². The quantitative estimate of drug-likeness (QED) is 0.915. The van der Waals surface area contributed by atoms with E-state index < -0.39 is 0 Å². The van der Waals surface area contributed by atoms with Crippen molar-refractivity contribution in [3.8, 4) is 0 Å². The molecule has 1 saturated heterocycles. The van der Waals surface area contributed by atoms with Crippen molar-refractivity contribution in [2.24, 2.45) is 5.92 Å². The molecule has 1 aromatic carbocycles. The van der Waals surface area contributed by atoms with Crippen LogP contribution in [-0.4, -0.2) is 19.3 Å². The van der Waals surface area contributed by atoms with Gasteiger partial charge in [0, 0.05) is 29.2 Å². The van der Waals surface area contributed by atoms with Gasteiger partial charge in [-0.15, -0.1) is 0 Å². The fourth-order valence-corrected chi connectivity index (χ4v) is 2.92. The average Bonchev–Trinajstić information content (AvgIpc) is 2.68. The Morgan fingerprint density at radius 3 is 3.00 bits per heavy atom. The second-order valence-electron chi connectivity index (χ2n) is 4.49. The summed E-state index contributed by atoms with van der Waals surface area (Å²) in [5.74, 6) is 0.640. The summed E-state index contributed by atoms with van der Waals surface area (Å²) >= 11 is 9.43. The smallest absolute Gasteiger partial charge is 0.0588 e. The first-order valence-corrected chi connectivity index (χ1v) is 7.10. The molecular formula is C13H17BrClNO. The lowest BCUT2D eigenvalue weighted by Gasteiger charge is -2.15. The lowest BCUT2D eigenvalue weighted by Crippen LogP contribution is -2.26. The molecule has 1 aromatic rings. The minimum atomic E-state index is 0.385. The lowest BCUT2D eigenvalue weighted by molar-refractivity contribution is 0.105. The van der Waals surface area contributed by atoms with Gasteiger partial charge in [-0.05, 0) is 37.0 Å². The summed E-state index contributed by atoms with van der Waals surface area (Å²) in [5.41, 5.74) is 1.24. The second-order valence-corrected chi connectivity index (χ2v) is 5.78. The van der Waals surface area contributed by atoms with Crippen molar-refractivity contribution in [1.82, 2.24) is 5.32 Å². The zero-order chi connectivity index (χ0) is 12.3. The number of hydrogen-bond acceptors (Lipinski definition) is 2. The van der Waals surface area contributed by atoms with Crippen LogP contribution in [0.5, 0.6) is 0 Å². The third-order valence-corrected chi connectivity index (χ3v) is 4.24. The Kier molecular flexibility index (Phi) is 4.86. The molecule has 94 valence electrons. The van der Waals surface area contributed by atoms with E-state index in [1.54, 1.807) is 0 Å². The number of ether oxygens (including phenoxy) is 1. The first-order chi connectivity index (χ1) is 8.16. The van der Waals surface area contributed by atoms with Crippen molar-refractivity contribution in [1.29, 1.82) is 0 Å². The van der Waals surface area contributed by atoms with E-state index in [9.17, 15) is 0 Å². The highest BCUT2D eigenvalue weighted by Crippen LogP contribution is 2.22. The molecule has 1 aliphatic rings. The van der Waals surface area contributed by atoms with E-state index in [4.69, 9.17) is 16.3 Å². The van der Waals surface area contributed by atoms with Gasteiger partial charge in [-0.25, -0.2) is 0 Å². The number of halogens is 2. The second kappa shape index (κ2) is 6.19. The monoisotopic (exact) mass is 317 g/mol. The van der Waals surface area contributed by atoms with Crippen molar-refractivity contribution < 1.29 is 4.74 Å². The van der Waals surface area contributed by atoms with Crippen molar-refractivity contribution >= 4 is 27.5 Å². The third kappa shape index (κ3) is 3.68. The highest BCUT2D eigenvalue weighted by molar-refractivity contribution is 9.10. The minimum Gasteiger partial charge on any atom is -0.378 e. The Morgan fingerprint density at radius 1 is 1.53 bits per heavy atom. The molecule has 0 aliphatic carbocycles. The molecular weight excluding hydrogens is 302 g/mol. The van der Waals surface area contributed by atoms with Gasteiger partial charge < -0.3 is 10.1 Å². The van der Waals surface area contributed by atoms with Gasteiger partial charge in [0.05, 0.1) is 6.10 Å². The molecule has 2 nitrogen and oxygen atoms in total. The predicted molar refractivity (Wildman–Crippen MR) is 74.4 cm³/mol. The van der Waals surface area contributed by atoms with Gasteiger partial charge in [0.2, 0.25) is 0 Å². The maximum Gasteiger partial charge on any atom is 0.0588 e. The van der Waals surface area contributed by atoms with Crippen LogP contribution in [0.4, 0.5) is 0 Å². The van der Waals surface area contributed by atoms with E-state index in [1.165, 1.54) is 5.56 Å². The summed E-state index contributed by atoms with van der Waals surface area (Å²) in [6.07, 6.45) is 1.55. The molecule has 2 atom stereocenters. The van der Waals surface area contributed by atoms with Crippen molar-refractivity contribution in [3.63, 3.8) is 0 Å². The van der Waals surface area contributed by atoms with Gasteiger partial charge in [0.1, 0.15) is 0 Å². The van der Waals surface area contributed by atoms with Crippen molar-refractivity contribution in [2.45, 2.75) is 26.0 Å². The van der Waals surface area contributed by atoms with Gasteiger partial charge >= 0.3 is 0 Å². The Balaban J connectivity index is 1.81. The molecule has 0 bridgehead atoms. The molecule has 1 fully saturated rings. The first kappa shape index (κ1) is 13.3. The Bertz CT molecular complexity index is 386. The van der Waals surface area contributed by atoms with Crippen LogP contribution in [-0.2, 0) is 11.3 Å². The number of benzene rings is 1. The average molecular weight is 319 g/mol. The SMILES string of the molecule is CC1OCCC1CNCc1ccc(Cl)cc1Br. The molecule has 0 radical (unpaired) electrons. The number of rotatable bonds is 4. The summed E-state index contributed by atoms with van der Waals surface area (Å²) < 4.78 is 6.60. The molecule has 0 spiro atoms. The highest BCUT2D eigenvalue weighted by atomic mass is 79.9. The third-order valence-electron chi connectivity index (χ3n) is 3.27. The lowest BCUT2D eigenvalue weighted by atomic mass is 10.0. The Hall–Kier alpha value is -0.0900. The van der Waals surface area contributed by atoms with Crippen LogP contribution in [0, 0.1) is 5.92 Å². The van der Waals surface area contributed by atoms with E-state index >= 15 is 0 Å². The van der Waals surface area contributed by atoms with Gasteiger partial charge in [0.25, 0.3) is 0 Å². The Morgan fingerprint density at radius 2 is 2.35 bits per heavy atom. The molecule has 0 saturated carbocycles. The van der Waals surface area contributed by atoms with Crippen molar-refractivity contribution in [3.05, 3.63) is 33.3 Å². The maximum atomic E-state index is 5.91. The summed E-state index contributed by atoms with van der Waals surface area (Å²) in [6.45, 7) is 4.92. The molecule has 4 heteroatoms. The summed E-state index contributed by atoms with van der Waals surface area (Å²) in [7, 11) is 0. The molecule has 1 aliphatic heterocycles. The molecule has 2 rings (SSSR count). The van der Waals surface area contributed by atoms with E-state index in [-0.39, 0.29) is 0 Å². The Labute approximate surface area is 116 Å².